The van der Waals surface area contributed by atoms with Crippen molar-refractivity contribution in [3.63, 3.8) is 0 Å². The Bertz CT molecular complexity index is 411. The first kappa shape index (κ1) is 22.9. The summed E-state index contributed by atoms with van der Waals surface area (Å²) in [5, 5.41) is 49.7. The number of piperazine rings is 1. The normalized spacial score (nSPS) is 23.6. The van der Waals surface area contributed by atoms with Gasteiger partial charge in [0.05, 0.1) is 19.8 Å². The first-order chi connectivity index (χ1) is 11.8. The van der Waals surface area contributed by atoms with Crippen molar-refractivity contribution in [1.29, 1.82) is 0 Å². The second-order valence-electron chi connectivity index (χ2n) is 5.84. The number of phosphoric acid groups is 1. The molecule has 11 nitrogen and oxygen atoms in total. The van der Waals surface area contributed by atoms with E-state index in [2.05, 4.69) is 14.7 Å². The fraction of sp³-hybridized carbons (Fsp3) is 1.00. The Morgan fingerprint density at radius 2 is 1.64 bits per heavy atom. The smallest absolute Gasteiger partial charge is 0.394 e. The molecule has 5 unspecified atom stereocenters. The molecule has 0 radical (unpaired) electrons. The number of nitrogens with zero attached hydrogens (tertiary/aromatic N) is 1. The fourth-order valence-electron chi connectivity index (χ4n) is 2.27. The van der Waals surface area contributed by atoms with Gasteiger partial charge in [0.1, 0.15) is 24.4 Å². The zero-order valence-electron chi connectivity index (χ0n) is 14.0. The Hall–Kier alpha value is -0.170. The number of hydrogen-bond acceptors (Lipinski definition) is 10. The van der Waals surface area contributed by atoms with Crippen molar-refractivity contribution in [3.8, 4) is 0 Å². The Morgan fingerprint density at radius 3 is 2.24 bits per heavy atom. The summed E-state index contributed by atoms with van der Waals surface area (Å²) in [6, 6.07) is 0. The molecule has 0 saturated carbocycles. The standard InChI is InChI=1S/C13H29N2O9P/c16-8-10(17)12(19)13(20)11(18)9-24-25(21,22)23-7-1-4-15-5-2-14-3-6-15/h10-14,16-20H,1-9H2,(H,21,22). The summed E-state index contributed by atoms with van der Waals surface area (Å²) < 4.78 is 21.0. The summed E-state index contributed by atoms with van der Waals surface area (Å²) in [4.78, 5) is 11.7. The first-order valence-corrected chi connectivity index (χ1v) is 9.64. The SMILES string of the molecule is O=P(O)(OCCCN1CCNCC1)OCC(O)C(O)C(O)C(O)CO. The van der Waals surface area contributed by atoms with Gasteiger partial charge in [0.2, 0.25) is 0 Å². The second kappa shape index (κ2) is 11.5. The van der Waals surface area contributed by atoms with Crippen LogP contribution in [0.1, 0.15) is 6.42 Å². The van der Waals surface area contributed by atoms with Gasteiger partial charge in [-0.15, -0.1) is 0 Å². The Kier molecular flexibility index (Phi) is 10.5. The van der Waals surface area contributed by atoms with Crippen LogP contribution in [0.15, 0.2) is 0 Å². The van der Waals surface area contributed by atoms with Crippen LogP contribution in [0.25, 0.3) is 0 Å². The van der Waals surface area contributed by atoms with Crippen molar-refractivity contribution in [2.45, 2.75) is 30.8 Å². The van der Waals surface area contributed by atoms with E-state index in [-0.39, 0.29) is 6.61 Å². The molecular weight excluding hydrogens is 359 g/mol. The summed E-state index contributed by atoms with van der Waals surface area (Å²) >= 11 is 0. The molecule has 0 amide bonds. The summed E-state index contributed by atoms with van der Waals surface area (Å²) in [6.45, 7) is 2.71. The average molecular weight is 388 g/mol. The summed E-state index contributed by atoms with van der Waals surface area (Å²) in [5.74, 6) is 0. The van der Waals surface area contributed by atoms with Crippen molar-refractivity contribution in [2.75, 3.05) is 52.5 Å². The largest absolute Gasteiger partial charge is 0.472 e. The molecule has 1 aliphatic heterocycles. The predicted molar refractivity (Wildman–Crippen MR) is 86.8 cm³/mol. The topological polar surface area (TPSA) is 172 Å². The molecule has 0 aliphatic carbocycles. The number of aliphatic hydroxyl groups excluding tert-OH is 5. The second-order valence-corrected chi connectivity index (χ2v) is 7.29. The van der Waals surface area contributed by atoms with Crippen LogP contribution in [-0.4, -0.2) is 112 Å². The highest BCUT2D eigenvalue weighted by Gasteiger charge is 2.32. The van der Waals surface area contributed by atoms with Crippen molar-refractivity contribution in [3.05, 3.63) is 0 Å². The lowest BCUT2D eigenvalue weighted by atomic mass is 10.0. The molecule has 0 aromatic carbocycles. The van der Waals surface area contributed by atoms with Crippen LogP contribution in [-0.2, 0) is 13.6 Å². The number of nitrogens with one attached hydrogen (secondary N) is 1. The third-order valence-electron chi connectivity index (χ3n) is 3.82. The maximum absolute atomic E-state index is 11.7. The van der Waals surface area contributed by atoms with E-state index in [1.165, 1.54) is 0 Å². The molecule has 1 fully saturated rings. The molecule has 0 spiro atoms. The van der Waals surface area contributed by atoms with Crippen molar-refractivity contribution >= 4 is 7.82 Å². The highest BCUT2D eigenvalue weighted by molar-refractivity contribution is 7.47. The van der Waals surface area contributed by atoms with Gasteiger partial charge >= 0.3 is 7.82 Å². The van der Waals surface area contributed by atoms with E-state index in [4.69, 9.17) is 9.63 Å². The third-order valence-corrected chi connectivity index (χ3v) is 4.80. The van der Waals surface area contributed by atoms with Gasteiger partial charge in [-0.25, -0.2) is 4.57 Å². The summed E-state index contributed by atoms with van der Waals surface area (Å²) in [5.41, 5.74) is 0. The van der Waals surface area contributed by atoms with E-state index in [9.17, 15) is 29.9 Å². The highest BCUT2D eigenvalue weighted by Crippen LogP contribution is 2.43. The lowest BCUT2D eigenvalue weighted by Crippen LogP contribution is -2.47. The summed E-state index contributed by atoms with van der Waals surface area (Å²) in [7, 11) is -4.41. The van der Waals surface area contributed by atoms with Crippen LogP contribution < -0.4 is 5.32 Å². The molecule has 0 aromatic rings. The molecule has 7 N–H and O–H groups in total. The molecular formula is C13H29N2O9P. The van der Waals surface area contributed by atoms with Crippen molar-refractivity contribution in [1.82, 2.24) is 10.2 Å². The lowest BCUT2D eigenvalue weighted by molar-refractivity contribution is -0.123. The lowest BCUT2D eigenvalue weighted by Gasteiger charge is -2.27. The number of rotatable bonds is 12. The van der Waals surface area contributed by atoms with Crippen molar-refractivity contribution < 1.29 is 44.0 Å². The first-order valence-electron chi connectivity index (χ1n) is 8.15. The Labute approximate surface area is 146 Å². The van der Waals surface area contributed by atoms with Crippen LogP contribution in [0, 0.1) is 0 Å². The van der Waals surface area contributed by atoms with Gasteiger partial charge in [-0.3, -0.25) is 9.05 Å². The molecule has 1 rings (SSSR count). The predicted octanol–water partition coefficient (Wildman–Crippen LogP) is -3.15. The van der Waals surface area contributed by atoms with E-state index >= 15 is 0 Å². The monoisotopic (exact) mass is 388 g/mol. The van der Waals surface area contributed by atoms with Gasteiger partial charge in [0.15, 0.2) is 0 Å². The van der Waals surface area contributed by atoms with Gasteiger partial charge in [0.25, 0.3) is 0 Å². The van der Waals surface area contributed by atoms with Gasteiger partial charge in [-0.05, 0) is 6.42 Å². The van der Waals surface area contributed by atoms with Crippen molar-refractivity contribution in [2.24, 2.45) is 0 Å². The fourth-order valence-corrected chi connectivity index (χ4v) is 3.05. The summed E-state index contributed by atoms with van der Waals surface area (Å²) in [6.07, 6.45) is -6.58. The van der Waals surface area contributed by atoms with Gasteiger partial charge in [0, 0.05) is 32.7 Å². The third kappa shape index (κ3) is 8.85. The van der Waals surface area contributed by atoms with Gasteiger partial charge < -0.3 is 40.6 Å². The zero-order valence-corrected chi connectivity index (χ0v) is 14.9. The Balaban J connectivity index is 2.23. The van der Waals surface area contributed by atoms with Crippen LogP contribution in [0.4, 0.5) is 0 Å². The quantitative estimate of drug-likeness (QED) is 0.133. The molecule has 1 aliphatic rings. The van der Waals surface area contributed by atoms with E-state index in [0.717, 1.165) is 26.2 Å². The zero-order chi connectivity index (χ0) is 18.9. The molecule has 5 atom stereocenters. The minimum Gasteiger partial charge on any atom is -0.394 e. The van der Waals surface area contributed by atoms with Crippen LogP contribution in [0.3, 0.4) is 0 Å². The van der Waals surface area contributed by atoms with E-state index in [1.54, 1.807) is 0 Å². The number of hydrogen-bond donors (Lipinski definition) is 7. The van der Waals surface area contributed by atoms with E-state index in [0.29, 0.717) is 13.0 Å². The van der Waals surface area contributed by atoms with Gasteiger partial charge in [-0.2, -0.15) is 0 Å². The molecule has 0 bridgehead atoms. The average Bonchev–Trinajstić information content (AvgIpc) is 2.62. The van der Waals surface area contributed by atoms with Gasteiger partial charge in [-0.1, -0.05) is 0 Å². The number of aliphatic hydroxyl groups is 5. The van der Waals surface area contributed by atoms with Crippen LogP contribution >= 0.6 is 7.82 Å². The minimum atomic E-state index is -4.41. The number of phosphoric ester groups is 1. The van der Waals surface area contributed by atoms with Crippen LogP contribution in [0.2, 0.25) is 0 Å². The van der Waals surface area contributed by atoms with E-state index in [1.807, 2.05) is 0 Å². The van der Waals surface area contributed by atoms with E-state index < -0.39 is 45.5 Å². The maximum atomic E-state index is 11.7. The molecule has 25 heavy (non-hydrogen) atoms. The molecule has 0 aromatic heterocycles. The maximum Gasteiger partial charge on any atom is 0.472 e. The minimum absolute atomic E-state index is 0.0117. The molecule has 1 saturated heterocycles. The highest BCUT2D eigenvalue weighted by atomic mass is 31.2. The molecule has 150 valence electrons. The molecule has 12 heteroatoms. The van der Waals surface area contributed by atoms with Crippen LogP contribution in [0.5, 0.6) is 0 Å². The molecule has 1 heterocycles. The Morgan fingerprint density at radius 1 is 1.04 bits per heavy atom.